The molecular formula is C25H31N5O4. The largest absolute Gasteiger partial charge is 0.444 e. The zero-order valence-electron chi connectivity index (χ0n) is 20.3. The number of benzene rings is 1. The molecule has 0 spiro atoms. The molecule has 9 nitrogen and oxygen atoms in total. The average molecular weight is 466 g/mol. The molecule has 2 aromatic heterocycles. The van der Waals surface area contributed by atoms with E-state index in [1.165, 1.54) is 0 Å². The molecule has 0 unspecified atom stereocenters. The fraction of sp³-hybridized carbons (Fsp3) is 0.520. The van der Waals surface area contributed by atoms with E-state index in [4.69, 9.17) is 14.2 Å². The highest BCUT2D eigenvalue weighted by atomic mass is 16.6. The van der Waals surface area contributed by atoms with Gasteiger partial charge in [-0.2, -0.15) is 0 Å². The molecule has 34 heavy (non-hydrogen) atoms. The summed E-state index contributed by atoms with van der Waals surface area (Å²) in [6.07, 6.45) is 1.70. The smallest absolute Gasteiger partial charge is 0.410 e. The topological polar surface area (TPSA) is 102 Å². The summed E-state index contributed by atoms with van der Waals surface area (Å²) in [7, 11) is 0. The molecule has 9 heteroatoms. The molecule has 180 valence electrons. The third kappa shape index (κ3) is 4.03. The van der Waals surface area contributed by atoms with Gasteiger partial charge in [-0.05, 0) is 65.2 Å². The number of likely N-dealkylation sites (tertiary alicyclic amines) is 1. The molecule has 0 aliphatic carbocycles. The first-order valence-electron chi connectivity index (χ1n) is 11.8. The second-order valence-electron chi connectivity index (χ2n) is 10.3. The minimum absolute atomic E-state index is 0.0434. The number of fused-ring (bicyclic) bond motifs is 1. The maximum Gasteiger partial charge on any atom is 0.410 e. The highest BCUT2D eigenvalue weighted by molar-refractivity contribution is 5.84. The van der Waals surface area contributed by atoms with E-state index in [0.717, 1.165) is 45.9 Å². The van der Waals surface area contributed by atoms with Crippen LogP contribution < -0.4 is 5.32 Å². The Morgan fingerprint density at radius 1 is 1.24 bits per heavy atom. The van der Waals surface area contributed by atoms with Crippen molar-refractivity contribution < 1.29 is 18.8 Å². The summed E-state index contributed by atoms with van der Waals surface area (Å²) >= 11 is 0. The Morgan fingerprint density at radius 2 is 2.03 bits per heavy atom. The van der Waals surface area contributed by atoms with Crippen molar-refractivity contribution in [2.75, 3.05) is 13.1 Å². The predicted molar refractivity (Wildman–Crippen MR) is 126 cm³/mol. The van der Waals surface area contributed by atoms with Gasteiger partial charge < -0.3 is 24.0 Å². The fourth-order valence-corrected chi connectivity index (χ4v) is 5.05. The molecule has 2 aliphatic heterocycles. The molecule has 3 aromatic rings. The lowest BCUT2D eigenvalue weighted by Gasteiger charge is -2.25. The van der Waals surface area contributed by atoms with Gasteiger partial charge in [-0.1, -0.05) is 11.2 Å². The van der Waals surface area contributed by atoms with E-state index in [-0.39, 0.29) is 24.1 Å². The first kappa shape index (κ1) is 22.4. The van der Waals surface area contributed by atoms with Crippen LogP contribution in [-0.2, 0) is 9.53 Å². The number of nitrogens with one attached hydrogen (secondary N) is 1. The van der Waals surface area contributed by atoms with Crippen LogP contribution in [-0.4, -0.2) is 50.3 Å². The number of hydrogen-bond acceptors (Lipinski definition) is 6. The number of nitrogens with zero attached hydrogens (tertiary/aromatic N) is 4. The first-order valence-corrected chi connectivity index (χ1v) is 11.8. The second kappa shape index (κ2) is 8.14. The molecule has 2 amide bonds. The van der Waals surface area contributed by atoms with Crippen molar-refractivity contribution in [1.82, 2.24) is 24.9 Å². The summed E-state index contributed by atoms with van der Waals surface area (Å²) < 4.78 is 13.2. The number of ether oxygens (including phenoxy) is 1. The maximum atomic E-state index is 12.7. The molecule has 2 atom stereocenters. The molecule has 1 N–H and O–H groups in total. The van der Waals surface area contributed by atoms with Crippen molar-refractivity contribution in [2.24, 2.45) is 0 Å². The zero-order valence-corrected chi connectivity index (χ0v) is 20.3. The van der Waals surface area contributed by atoms with Gasteiger partial charge in [0.25, 0.3) is 0 Å². The van der Waals surface area contributed by atoms with Crippen LogP contribution >= 0.6 is 0 Å². The maximum absolute atomic E-state index is 12.7. The van der Waals surface area contributed by atoms with E-state index in [1.54, 1.807) is 4.90 Å². The van der Waals surface area contributed by atoms with E-state index in [2.05, 4.69) is 33.2 Å². The molecule has 5 rings (SSSR count). The first-order chi connectivity index (χ1) is 16.1. The summed E-state index contributed by atoms with van der Waals surface area (Å²) in [6, 6.07) is 6.09. The second-order valence-corrected chi connectivity index (χ2v) is 10.3. The Morgan fingerprint density at radius 3 is 2.68 bits per heavy atom. The Bertz CT molecular complexity index is 1250. The molecule has 1 aromatic carbocycles. The van der Waals surface area contributed by atoms with Crippen LogP contribution in [0.15, 0.2) is 22.7 Å². The quantitative estimate of drug-likeness (QED) is 0.613. The standard InChI is InChI=1S/C25H31N5O4/c1-14-22(15(2)34-28-14)16-6-8-20-19(12-16)27-23(18-7-9-21(31)26-18)30(20)17-10-11-29(13-17)24(32)33-25(3,4)5/h6,8,12,17-18H,7,9-11,13H2,1-5H3,(H,26,31)/t17-,18+/m1/s1. The van der Waals surface area contributed by atoms with Crippen molar-refractivity contribution >= 4 is 23.0 Å². The van der Waals surface area contributed by atoms with Crippen LogP contribution in [0.4, 0.5) is 4.79 Å². The van der Waals surface area contributed by atoms with E-state index in [9.17, 15) is 9.59 Å². The van der Waals surface area contributed by atoms with E-state index in [1.807, 2.05) is 34.6 Å². The highest BCUT2D eigenvalue weighted by Gasteiger charge is 2.35. The van der Waals surface area contributed by atoms with Crippen molar-refractivity contribution in [3.05, 3.63) is 35.5 Å². The minimum Gasteiger partial charge on any atom is -0.444 e. The molecular weight excluding hydrogens is 434 g/mol. The van der Waals surface area contributed by atoms with Crippen LogP contribution in [0.2, 0.25) is 0 Å². The number of carbonyl (C=O) groups is 2. The van der Waals surface area contributed by atoms with Crippen LogP contribution in [0.5, 0.6) is 0 Å². The van der Waals surface area contributed by atoms with E-state index >= 15 is 0 Å². The molecule has 2 saturated heterocycles. The third-order valence-corrected chi connectivity index (χ3v) is 6.53. The van der Waals surface area contributed by atoms with Gasteiger partial charge in [-0.15, -0.1) is 0 Å². The molecule has 2 aliphatic rings. The van der Waals surface area contributed by atoms with Gasteiger partial charge in [0.05, 0.1) is 28.8 Å². The predicted octanol–water partition coefficient (Wildman–Crippen LogP) is 4.44. The van der Waals surface area contributed by atoms with Crippen LogP contribution in [0.25, 0.3) is 22.2 Å². The summed E-state index contributed by atoms with van der Waals surface area (Å²) in [5, 5.41) is 7.15. The molecule has 0 radical (unpaired) electrons. The number of amides is 2. The van der Waals surface area contributed by atoms with E-state index in [0.29, 0.717) is 25.9 Å². The van der Waals surface area contributed by atoms with Gasteiger partial charge in [-0.3, -0.25) is 4.79 Å². The number of hydrogen-bond donors (Lipinski definition) is 1. The minimum atomic E-state index is -0.537. The zero-order chi connectivity index (χ0) is 24.2. The van der Waals surface area contributed by atoms with Gasteiger partial charge in [0.15, 0.2) is 0 Å². The van der Waals surface area contributed by atoms with Gasteiger partial charge in [-0.25, -0.2) is 9.78 Å². The molecule has 0 saturated carbocycles. The number of imidazole rings is 1. The summed E-state index contributed by atoms with van der Waals surface area (Å²) in [6.45, 7) is 10.6. The summed E-state index contributed by atoms with van der Waals surface area (Å²) in [4.78, 5) is 31.4. The Hall–Kier alpha value is -3.36. The Balaban J connectivity index is 1.53. The van der Waals surface area contributed by atoms with Crippen LogP contribution in [0.3, 0.4) is 0 Å². The van der Waals surface area contributed by atoms with Gasteiger partial charge in [0.1, 0.15) is 17.2 Å². The van der Waals surface area contributed by atoms with Gasteiger partial charge >= 0.3 is 6.09 Å². The number of aromatic nitrogens is 3. The van der Waals surface area contributed by atoms with Crippen molar-refractivity contribution in [3.8, 4) is 11.1 Å². The number of rotatable bonds is 3. The molecule has 2 fully saturated rings. The Kier molecular flexibility index (Phi) is 5.37. The third-order valence-electron chi connectivity index (χ3n) is 6.53. The molecule has 0 bridgehead atoms. The SMILES string of the molecule is Cc1noc(C)c1-c1ccc2c(c1)nc([C@@H]1CCC(=O)N1)n2[C@@H]1CCN(C(=O)OC(C)(C)C)C1. The fourth-order valence-electron chi connectivity index (χ4n) is 5.05. The van der Waals surface area contributed by atoms with Gasteiger partial charge in [0, 0.05) is 25.1 Å². The average Bonchev–Trinajstić information content (AvgIpc) is 3.52. The summed E-state index contributed by atoms with van der Waals surface area (Å²) in [5.74, 6) is 1.65. The van der Waals surface area contributed by atoms with Crippen molar-refractivity contribution in [2.45, 2.75) is 71.6 Å². The normalized spacial score (nSPS) is 20.9. The van der Waals surface area contributed by atoms with Crippen molar-refractivity contribution in [3.63, 3.8) is 0 Å². The lowest BCUT2D eigenvalue weighted by atomic mass is 10.0. The van der Waals surface area contributed by atoms with Crippen LogP contribution in [0, 0.1) is 13.8 Å². The van der Waals surface area contributed by atoms with Gasteiger partial charge in [0.2, 0.25) is 5.91 Å². The van der Waals surface area contributed by atoms with Crippen LogP contribution in [0.1, 0.15) is 69.4 Å². The Labute approximate surface area is 198 Å². The lowest BCUT2D eigenvalue weighted by molar-refractivity contribution is -0.119. The molecule has 4 heterocycles. The summed E-state index contributed by atoms with van der Waals surface area (Å²) in [5.41, 5.74) is 4.11. The van der Waals surface area contributed by atoms with Crippen molar-refractivity contribution in [1.29, 1.82) is 0 Å². The monoisotopic (exact) mass is 465 g/mol. The van der Waals surface area contributed by atoms with E-state index < -0.39 is 5.60 Å². The highest BCUT2D eigenvalue weighted by Crippen LogP contribution is 2.36. The lowest BCUT2D eigenvalue weighted by Crippen LogP contribution is -2.35. The number of aryl methyl sites for hydroxylation is 2. The number of carbonyl (C=O) groups excluding carboxylic acids is 2.